The van der Waals surface area contributed by atoms with Crippen LogP contribution in [-0.2, 0) is 30.2 Å². The Morgan fingerprint density at radius 3 is 2.73 bits per heavy atom. The lowest BCUT2D eigenvalue weighted by Gasteiger charge is -2.33. The Bertz CT molecular complexity index is 1220. The summed E-state index contributed by atoms with van der Waals surface area (Å²) in [5, 5.41) is 6.08. The number of alkyl carbamates (subject to hydrolysis) is 1. The molecular formula is C30H40ClN3O7. The van der Waals surface area contributed by atoms with Gasteiger partial charge in [0.2, 0.25) is 5.91 Å². The minimum atomic E-state index is -0.840. The van der Waals surface area contributed by atoms with Crippen molar-refractivity contribution in [1.82, 2.24) is 10.6 Å². The number of halogens is 1. The second-order valence-electron chi connectivity index (χ2n) is 11.1. The van der Waals surface area contributed by atoms with Crippen LogP contribution in [0.5, 0.6) is 5.75 Å². The average molecular weight is 590 g/mol. The van der Waals surface area contributed by atoms with E-state index in [0.717, 1.165) is 11.1 Å². The number of epoxide rings is 1. The number of benzene rings is 1. The number of methoxy groups -OCH3 is 1. The number of esters is 1. The Hall–Kier alpha value is -3.08. The molecule has 41 heavy (non-hydrogen) atoms. The highest BCUT2D eigenvalue weighted by molar-refractivity contribution is 6.35. The van der Waals surface area contributed by atoms with E-state index in [-0.39, 0.29) is 36.5 Å². The van der Waals surface area contributed by atoms with Gasteiger partial charge in [-0.05, 0) is 51.4 Å². The molecule has 7 atom stereocenters. The summed E-state index contributed by atoms with van der Waals surface area (Å²) in [5.41, 5.74) is 2.51. The van der Waals surface area contributed by atoms with E-state index in [9.17, 15) is 14.4 Å². The second kappa shape index (κ2) is 13.3. The van der Waals surface area contributed by atoms with E-state index in [1.54, 1.807) is 21.0 Å². The number of allylic oxidation sites excluding steroid dienone is 3. The highest BCUT2D eigenvalue weighted by Crippen LogP contribution is 2.40. The molecule has 0 aliphatic carbocycles. The highest BCUT2D eigenvalue weighted by atomic mass is 35.5. The van der Waals surface area contributed by atoms with Crippen molar-refractivity contribution < 1.29 is 33.3 Å². The van der Waals surface area contributed by atoms with E-state index in [4.69, 9.17) is 30.5 Å². The first-order chi connectivity index (χ1) is 19.5. The number of amides is 2. The van der Waals surface area contributed by atoms with E-state index in [1.807, 2.05) is 44.2 Å². The normalized spacial score (nSPS) is 31.5. The van der Waals surface area contributed by atoms with Gasteiger partial charge in [0, 0.05) is 25.4 Å². The van der Waals surface area contributed by atoms with Crippen LogP contribution in [0, 0.1) is 5.92 Å². The lowest BCUT2D eigenvalue weighted by atomic mass is 9.90. The average Bonchev–Trinajstić information content (AvgIpc) is 3.74. The van der Waals surface area contributed by atoms with Gasteiger partial charge in [-0.15, -0.1) is 0 Å². The number of hydrogen-bond acceptors (Lipinski definition) is 8. The fourth-order valence-corrected chi connectivity index (χ4v) is 5.61. The fourth-order valence-electron chi connectivity index (χ4n) is 5.30. The van der Waals surface area contributed by atoms with Crippen LogP contribution in [0.2, 0.25) is 5.02 Å². The van der Waals surface area contributed by atoms with E-state index >= 15 is 0 Å². The summed E-state index contributed by atoms with van der Waals surface area (Å²) in [6.45, 7) is 5.66. The molecule has 2 amide bonds. The van der Waals surface area contributed by atoms with Gasteiger partial charge in [-0.1, -0.05) is 42.3 Å². The molecule has 0 saturated carbocycles. The number of carbonyl (C=O) groups is 3. The van der Waals surface area contributed by atoms with Gasteiger partial charge >= 0.3 is 12.1 Å². The summed E-state index contributed by atoms with van der Waals surface area (Å²) in [4.78, 5) is 40.2. The van der Waals surface area contributed by atoms with Crippen LogP contribution in [0.3, 0.4) is 0 Å². The summed E-state index contributed by atoms with van der Waals surface area (Å²) < 4.78 is 23.0. The molecule has 2 saturated heterocycles. The van der Waals surface area contributed by atoms with Gasteiger partial charge in [0.25, 0.3) is 0 Å². The van der Waals surface area contributed by atoms with Crippen LogP contribution in [0.25, 0.3) is 0 Å². The molecule has 0 spiro atoms. The maximum absolute atomic E-state index is 13.6. The third kappa shape index (κ3) is 7.42. The van der Waals surface area contributed by atoms with Gasteiger partial charge in [-0.2, -0.15) is 0 Å². The molecule has 4 rings (SSSR count). The summed E-state index contributed by atoms with van der Waals surface area (Å²) in [7, 11) is 4.83. The van der Waals surface area contributed by atoms with Crippen molar-refractivity contribution in [3.8, 4) is 5.75 Å². The standard InChI is InChI=1S/C30H40ClN3O7/c1-16-9-7-8-10-20-14-22(40-30(37)33-20)17(2)27-28(41-27)24(39-29(36)18(3)32-4)15-25(35)34(5)21-12-19(11-16)13-23(38-6)26(21)31/h7-9,12-13,17-18,20,22,24,27-28,32H,10-11,14-15H2,1-6H3,(H,33,37)/b8-7+,16-9+/t17-,18+,20?,22+,24+,27+,28?/m1/s1. The number of hydrogen-bond donors (Lipinski definition) is 2. The Balaban J connectivity index is 1.69. The molecule has 3 heterocycles. The van der Waals surface area contributed by atoms with Gasteiger partial charge in [0.1, 0.15) is 35.1 Å². The van der Waals surface area contributed by atoms with Crippen LogP contribution < -0.4 is 20.3 Å². The molecule has 224 valence electrons. The first-order valence-electron chi connectivity index (χ1n) is 14.0. The van der Waals surface area contributed by atoms with Crippen LogP contribution in [0.15, 0.2) is 35.9 Å². The Morgan fingerprint density at radius 2 is 2.02 bits per heavy atom. The predicted octanol–water partition coefficient (Wildman–Crippen LogP) is 3.94. The largest absolute Gasteiger partial charge is 0.495 e. The van der Waals surface area contributed by atoms with Gasteiger partial charge in [-0.25, -0.2) is 4.79 Å². The van der Waals surface area contributed by atoms with E-state index < -0.39 is 30.3 Å². The SMILES string of the molecule is CN[C@@H](C)C(=O)O[C@H]1CC(=O)N(C)c2cc(cc(OC)c2Cl)C/C(C)=C/C=C/CC2C[C@H](OC(=O)N2)[C@@H](C)[C@@H]2OC12. The molecular weight excluding hydrogens is 550 g/mol. The monoisotopic (exact) mass is 589 g/mol. The van der Waals surface area contributed by atoms with Crippen molar-refractivity contribution >= 4 is 35.3 Å². The quantitative estimate of drug-likeness (QED) is 0.400. The number of nitrogens with zero attached hydrogens (tertiary/aromatic N) is 1. The maximum Gasteiger partial charge on any atom is 0.407 e. The first-order valence-corrected chi connectivity index (χ1v) is 14.4. The molecule has 1 aromatic carbocycles. The lowest BCUT2D eigenvalue weighted by molar-refractivity contribution is -0.153. The van der Waals surface area contributed by atoms with Crippen molar-refractivity contribution in [2.45, 2.75) is 83.0 Å². The van der Waals surface area contributed by atoms with Crippen LogP contribution in [0.4, 0.5) is 10.5 Å². The molecule has 0 radical (unpaired) electrons. The molecule has 4 bridgehead atoms. The van der Waals surface area contributed by atoms with Crippen LogP contribution in [-0.4, -0.2) is 75.7 Å². The lowest BCUT2D eigenvalue weighted by Crippen LogP contribution is -2.48. The van der Waals surface area contributed by atoms with Gasteiger partial charge < -0.3 is 34.5 Å². The van der Waals surface area contributed by atoms with Gasteiger partial charge in [-0.3, -0.25) is 9.59 Å². The van der Waals surface area contributed by atoms with Crippen molar-refractivity contribution in [1.29, 1.82) is 0 Å². The van der Waals surface area contributed by atoms with E-state index in [1.165, 1.54) is 12.0 Å². The molecule has 3 aliphatic heterocycles. The minimum Gasteiger partial charge on any atom is -0.495 e. The van der Waals surface area contributed by atoms with Gasteiger partial charge in [0.15, 0.2) is 0 Å². The van der Waals surface area contributed by atoms with E-state index in [0.29, 0.717) is 35.7 Å². The first kappa shape index (κ1) is 30.9. The van der Waals surface area contributed by atoms with E-state index in [2.05, 4.69) is 10.6 Å². The third-order valence-corrected chi connectivity index (χ3v) is 8.40. The summed E-state index contributed by atoms with van der Waals surface area (Å²) in [6, 6.07) is 3.08. The molecule has 2 fully saturated rings. The van der Waals surface area contributed by atoms with Crippen molar-refractivity contribution in [3.63, 3.8) is 0 Å². The zero-order chi connectivity index (χ0) is 29.8. The predicted molar refractivity (Wildman–Crippen MR) is 155 cm³/mol. The van der Waals surface area contributed by atoms with Gasteiger partial charge in [0.05, 0.1) is 25.3 Å². The Morgan fingerprint density at radius 1 is 1.27 bits per heavy atom. The number of anilines is 1. The number of rotatable bonds is 4. The molecule has 2 unspecified atom stereocenters. The molecule has 2 N–H and O–H groups in total. The molecule has 0 aromatic heterocycles. The maximum atomic E-state index is 13.6. The fraction of sp³-hybridized carbons (Fsp3) is 0.567. The zero-order valence-electron chi connectivity index (χ0n) is 24.4. The molecule has 1 aromatic rings. The third-order valence-electron chi connectivity index (χ3n) is 8.02. The number of nitrogens with one attached hydrogen (secondary N) is 2. The summed E-state index contributed by atoms with van der Waals surface area (Å²) in [5.74, 6) is -0.504. The summed E-state index contributed by atoms with van der Waals surface area (Å²) in [6.07, 6.45) is 5.25. The van der Waals surface area contributed by atoms with Crippen LogP contribution in [0.1, 0.15) is 45.6 Å². The number of fused-ring (bicyclic) bond motifs is 5. The smallest absolute Gasteiger partial charge is 0.407 e. The van der Waals surface area contributed by atoms with Crippen molar-refractivity contribution in [3.05, 3.63) is 46.5 Å². The van der Waals surface area contributed by atoms with Crippen molar-refractivity contribution in [2.24, 2.45) is 5.92 Å². The Kier molecular flexibility index (Phi) is 9.99. The molecule has 10 nitrogen and oxygen atoms in total. The number of carbonyl (C=O) groups excluding carboxylic acids is 3. The molecule has 3 aliphatic rings. The minimum absolute atomic E-state index is 0.0867. The number of ether oxygens (including phenoxy) is 4. The molecule has 11 heteroatoms. The second-order valence-corrected chi connectivity index (χ2v) is 11.5. The topological polar surface area (TPSA) is 119 Å². The zero-order valence-corrected chi connectivity index (χ0v) is 25.2. The highest BCUT2D eigenvalue weighted by Gasteiger charge is 2.53. The Labute approximate surface area is 246 Å². The number of likely N-dealkylation sites (N-methyl/N-ethyl adjacent to an activating group) is 1. The van der Waals surface area contributed by atoms with Crippen molar-refractivity contribution in [2.75, 3.05) is 26.1 Å². The van der Waals surface area contributed by atoms with Crippen LogP contribution >= 0.6 is 11.6 Å². The summed E-state index contributed by atoms with van der Waals surface area (Å²) >= 11 is 6.66.